The quantitative estimate of drug-likeness (QED) is 0.248. The van der Waals surface area contributed by atoms with Gasteiger partial charge in [0, 0.05) is 39.5 Å². The standard InChI is InChI=1S/C23H20BrNO2S/c1-3-18(24)22(26)14-7-9-19-16(12-14)17-13-15(8-10-20(17)25(19)4-2)23(27)21-6-5-11-28-21/h5-13,18H,3-4H2,1-2H3. The molecule has 0 aliphatic heterocycles. The van der Waals surface area contributed by atoms with Crippen LogP contribution < -0.4 is 0 Å². The number of alkyl halides is 1. The van der Waals surface area contributed by atoms with Crippen molar-refractivity contribution in [3.63, 3.8) is 0 Å². The van der Waals surface area contributed by atoms with Gasteiger partial charge in [0.05, 0.1) is 9.70 Å². The Hall–Kier alpha value is -2.24. The van der Waals surface area contributed by atoms with E-state index in [-0.39, 0.29) is 16.4 Å². The number of benzene rings is 2. The Balaban J connectivity index is 1.92. The van der Waals surface area contributed by atoms with Gasteiger partial charge in [0.15, 0.2) is 5.78 Å². The minimum Gasteiger partial charge on any atom is -0.341 e. The number of halogens is 1. The third kappa shape index (κ3) is 3.12. The first-order valence-corrected chi connectivity index (χ1v) is 11.2. The van der Waals surface area contributed by atoms with Crippen LogP contribution in [0.3, 0.4) is 0 Å². The molecule has 0 bridgehead atoms. The lowest BCUT2D eigenvalue weighted by Gasteiger charge is -2.07. The number of carbonyl (C=O) groups excluding carboxylic acids is 2. The number of aryl methyl sites for hydroxylation is 1. The molecule has 142 valence electrons. The molecule has 3 nitrogen and oxygen atoms in total. The van der Waals surface area contributed by atoms with E-state index >= 15 is 0 Å². The molecule has 4 aromatic rings. The highest BCUT2D eigenvalue weighted by Gasteiger charge is 2.19. The summed E-state index contributed by atoms with van der Waals surface area (Å²) in [5.41, 5.74) is 3.53. The van der Waals surface area contributed by atoms with Crippen molar-refractivity contribution in [3.8, 4) is 0 Å². The maximum atomic E-state index is 12.8. The third-order valence-corrected chi connectivity index (χ3v) is 7.05. The molecule has 0 N–H and O–H groups in total. The summed E-state index contributed by atoms with van der Waals surface area (Å²) in [6.07, 6.45) is 0.743. The van der Waals surface area contributed by atoms with Crippen molar-refractivity contribution in [1.82, 2.24) is 4.57 Å². The Bertz CT molecular complexity index is 1190. The number of hydrogen-bond donors (Lipinski definition) is 0. The molecule has 0 radical (unpaired) electrons. The van der Waals surface area contributed by atoms with Crippen molar-refractivity contribution in [2.45, 2.75) is 31.6 Å². The van der Waals surface area contributed by atoms with Crippen molar-refractivity contribution < 1.29 is 9.59 Å². The van der Waals surface area contributed by atoms with Crippen molar-refractivity contribution in [3.05, 3.63) is 69.9 Å². The van der Waals surface area contributed by atoms with Crippen LogP contribution in [0.25, 0.3) is 21.8 Å². The summed E-state index contributed by atoms with van der Waals surface area (Å²) >= 11 is 4.92. The highest BCUT2D eigenvalue weighted by atomic mass is 79.9. The van der Waals surface area contributed by atoms with E-state index < -0.39 is 0 Å². The number of carbonyl (C=O) groups is 2. The summed E-state index contributed by atoms with van der Waals surface area (Å²) in [5.74, 6) is 0.126. The molecule has 0 fully saturated rings. The summed E-state index contributed by atoms with van der Waals surface area (Å²) in [6.45, 7) is 4.91. The van der Waals surface area contributed by atoms with Gasteiger partial charge in [-0.2, -0.15) is 0 Å². The fourth-order valence-corrected chi connectivity index (χ4v) is 4.61. The molecule has 2 aromatic heterocycles. The van der Waals surface area contributed by atoms with Gasteiger partial charge in [-0.1, -0.05) is 28.9 Å². The maximum absolute atomic E-state index is 12.8. The molecular formula is C23H20BrNO2S. The first kappa shape index (κ1) is 19.1. The average molecular weight is 454 g/mol. The van der Waals surface area contributed by atoms with Crippen LogP contribution >= 0.6 is 27.3 Å². The van der Waals surface area contributed by atoms with E-state index in [2.05, 4.69) is 27.4 Å². The van der Waals surface area contributed by atoms with Crippen LogP contribution in [0, 0.1) is 0 Å². The minimum absolute atomic E-state index is 0.0352. The molecule has 4 rings (SSSR count). The minimum atomic E-state index is -0.180. The molecular weight excluding hydrogens is 434 g/mol. The molecule has 1 unspecified atom stereocenters. The molecule has 0 spiro atoms. The van der Waals surface area contributed by atoms with Gasteiger partial charge >= 0.3 is 0 Å². The Morgan fingerprint density at radius 3 is 2.21 bits per heavy atom. The third-order valence-electron chi connectivity index (χ3n) is 5.12. The lowest BCUT2D eigenvalue weighted by Crippen LogP contribution is -2.12. The Kier molecular flexibility index (Phi) is 5.21. The van der Waals surface area contributed by atoms with Crippen molar-refractivity contribution in [1.29, 1.82) is 0 Å². The summed E-state index contributed by atoms with van der Waals surface area (Å²) in [5, 5.41) is 3.94. The van der Waals surface area contributed by atoms with Gasteiger partial charge in [0.1, 0.15) is 0 Å². The molecule has 28 heavy (non-hydrogen) atoms. The second-order valence-corrected chi connectivity index (χ2v) is 8.81. The van der Waals surface area contributed by atoms with Crippen LogP contribution in [0.15, 0.2) is 53.9 Å². The van der Waals surface area contributed by atoms with E-state index in [0.29, 0.717) is 11.1 Å². The van der Waals surface area contributed by atoms with E-state index in [4.69, 9.17) is 0 Å². The predicted octanol–water partition coefficient (Wildman–Crippen LogP) is 6.46. The van der Waals surface area contributed by atoms with Crippen molar-refractivity contribution in [2.75, 3.05) is 0 Å². The Labute approximate surface area is 176 Å². The van der Waals surface area contributed by atoms with Crippen LogP contribution in [0.5, 0.6) is 0 Å². The first-order valence-electron chi connectivity index (χ1n) is 9.37. The van der Waals surface area contributed by atoms with Crippen LogP contribution in [-0.4, -0.2) is 21.0 Å². The number of hydrogen-bond acceptors (Lipinski definition) is 3. The van der Waals surface area contributed by atoms with Crippen LogP contribution in [-0.2, 0) is 6.54 Å². The van der Waals surface area contributed by atoms with Crippen LogP contribution in [0.2, 0.25) is 0 Å². The average Bonchev–Trinajstić information content (AvgIpc) is 3.37. The van der Waals surface area contributed by atoms with Crippen molar-refractivity contribution >= 4 is 60.6 Å². The Morgan fingerprint density at radius 1 is 1.00 bits per heavy atom. The molecule has 0 amide bonds. The molecule has 2 heterocycles. The molecule has 0 aliphatic rings. The van der Waals surface area contributed by atoms with Gasteiger partial charge < -0.3 is 4.57 Å². The number of nitrogens with zero attached hydrogens (tertiary/aromatic N) is 1. The fraction of sp³-hybridized carbons (Fsp3) is 0.217. The molecule has 1 atom stereocenters. The molecule has 0 saturated carbocycles. The summed E-state index contributed by atoms with van der Waals surface area (Å²) < 4.78 is 2.23. The van der Waals surface area contributed by atoms with Crippen molar-refractivity contribution in [2.24, 2.45) is 0 Å². The SMILES string of the molecule is CCC(Br)C(=O)c1ccc2c(c1)c1cc(C(=O)c3cccs3)ccc1n2CC. The summed E-state index contributed by atoms with van der Waals surface area (Å²) in [4.78, 5) is 26.0. The van der Waals surface area contributed by atoms with E-state index in [9.17, 15) is 9.59 Å². The van der Waals surface area contributed by atoms with Gasteiger partial charge in [-0.15, -0.1) is 11.3 Å². The van der Waals surface area contributed by atoms with E-state index in [0.717, 1.165) is 39.6 Å². The normalized spacial score (nSPS) is 12.5. The highest BCUT2D eigenvalue weighted by Crippen LogP contribution is 2.32. The Morgan fingerprint density at radius 2 is 1.64 bits per heavy atom. The monoisotopic (exact) mass is 453 g/mol. The van der Waals surface area contributed by atoms with E-state index in [1.165, 1.54) is 11.3 Å². The number of thiophene rings is 1. The number of Topliss-reactive ketones (excluding diaryl/α,β-unsaturated/α-hetero) is 1. The van der Waals surface area contributed by atoms with Gasteiger partial charge in [-0.05, 0) is 61.2 Å². The number of aromatic nitrogens is 1. The lowest BCUT2D eigenvalue weighted by atomic mass is 10.0. The number of ketones is 2. The zero-order valence-corrected chi connectivity index (χ0v) is 18.1. The smallest absolute Gasteiger partial charge is 0.202 e. The van der Waals surface area contributed by atoms with Crippen LogP contribution in [0.1, 0.15) is 45.9 Å². The highest BCUT2D eigenvalue weighted by molar-refractivity contribution is 9.10. The number of rotatable bonds is 6. The van der Waals surface area contributed by atoms with Gasteiger partial charge in [0.25, 0.3) is 0 Å². The largest absolute Gasteiger partial charge is 0.341 e. The van der Waals surface area contributed by atoms with Crippen LogP contribution in [0.4, 0.5) is 0 Å². The molecule has 0 saturated heterocycles. The van der Waals surface area contributed by atoms with Gasteiger partial charge in [-0.3, -0.25) is 9.59 Å². The molecule has 0 aliphatic carbocycles. The fourth-order valence-electron chi connectivity index (χ4n) is 3.66. The zero-order valence-electron chi connectivity index (χ0n) is 15.7. The second-order valence-electron chi connectivity index (χ2n) is 6.75. The summed E-state index contributed by atoms with van der Waals surface area (Å²) in [6, 6.07) is 15.5. The number of fused-ring (bicyclic) bond motifs is 3. The topological polar surface area (TPSA) is 39.1 Å². The van der Waals surface area contributed by atoms with Gasteiger partial charge in [-0.25, -0.2) is 0 Å². The maximum Gasteiger partial charge on any atom is 0.202 e. The first-order chi connectivity index (χ1) is 13.5. The molecule has 5 heteroatoms. The van der Waals surface area contributed by atoms with E-state index in [1.54, 1.807) is 0 Å². The lowest BCUT2D eigenvalue weighted by molar-refractivity contribution is 0.0989. The summed E-state index contributed by atoms with van der Waals surface area (Å²) in [7, 11) is 0. The second kappa shape index (κ2) is 7.64. The van der Waals surface area contributed by atoms with Gasteiger partial charge in [0.2, 0.25) is 5.78 Å². The van der Waals surface area contributed by atoms with E-state index in [1.807, 2.05) is 60.8 Å². The zero-order chi connectivity index (χ0) is 19.8. The molecule has 2 aromatic carbocycles. The predicted molar refractivity (Wildman–Crippen MR) is 120 cm³/mol.